The quantitative estimate of drug-likeness (QED) is 0.561. The molecular formula is C20H22N2O3S2. The summed E-state index contributed by atoms with van der Waals surface area (Å²) >= 11 is 2.96. The van der Waals surface area contributed by atoms with Crippen LogP contribution in [-0.2, 0) is 9.54 Å². The van der Waals surface area contributed by atoms with Gasteiger partial charge in [0.15, 0.2) is 4.34 Å². The summed E-state index contributed by atoms with van der Waals surface area (Å²) in [5.74, 6) is 0.665. The summed E-state index contributed by atoms with van der Waals surface area (Å²) in [6.45, 7) is 4.58. The molecule has 3 aromatic rings. The van der Waals surface area contributed by atoms with Gasteiger partial charge >= 0.3 is 0 Å². The Kier molecular flexibility index (Phi) is 6.36. The number of aromatic nitrogens is 1. The summed E-state index contributed by atoms with van der Waals surface area (Å²) in [4.78, 5) is 17.6. The van der Waals surface area contributed by atoms with Crippen LogP contribution < -0.4 is 10.1 Å². The van der Waals surface area contributed by atoms with Gasteiger partial charge in [0, 0.05) is 6.54 Å². The van der Waals surface area contributed by atoms with Crippen molar-refractivity contribution in [2.24, 2.45) is 0 Å². The number of benzene rings is 2. The number of aliphatic hydroxyl groups excluding tert-OH is 1. The van der Waals surface area contributed by atoms with Crippen LogP contribution in [0.25, 0.3) is 10.2 Å². The third kappa shape index (κ3) is 4.43. The minimum Gasteiger partial charge on any atom is -0.494 e. The van der Waals surface area contributed by atoms with Crippen molar-refractivity contribution in [1.82, 2.24) is 10.3 Å². The van der Waals surface area contributed by atoms with Crippen LogP contribution in [0.3, 0.4) is 0 Å². The molecule has 3 rings (SSSR count). The van der Waals surface area contributed by atoms with E-state index in [2.05, 4.69) is 10.3 Å². The highest BCUT2D eigenvalue weighted by Crippen LogP contribution is 2.44. The van der Waals surface area contributed by atoms with Gasteiger partial charge in [-0.1, -0.05) is 42.1 Å². The van der Waals surface area contributed by atoms with E-state index in [-0.39, 0.29) is 19.1 Å². The first kappa shape index (κ1) is 19.7. The van der Waals surface area contributed by atoms with E-state index in [1.807, 2.05) is 62.4 Å². The fourth-order valence-electron chi connectivity index (χ4n) is 2.69. The molecule has 0 aliphatic rings. The smallest absolute Gasteiger partial charge is 0.241 e. The lowest BCUT2D eigenvalue weighted by Gasteiger charge is -2.27. The second kappa shape index (κ2) is 8.73. The third-order valence-electron chi connectivity index (χ3n) is 4.10. The molecule has 1 aromatic heterocycles. The number of hydrogen-bond donors (Lipinski definition) is 2. The first-order chi connectivity index (χ1) is 13.1. The van der Waals surface area contributed by atoms with Crippen molar-refractivity contribution < 1.29 is 14.6 Å². The molecule has 5 nitrogen and oxygen atoms in total. The van der Waals surface area contributed by atoms with Gasteiger partial charge in [0.25, 0.3) is 0 Å². The van der Waals surface area contributed by atoms with Gasteiger partial charge in [-0.3, -0.25) is 4.79 Å². The van der Waals surface area contributed by atoms with Gasteiger partial charge in [-0.2, -0.15) is 0 Å². The molecule has 0 fully saturated rings. The lowest BCUT2D eigenvalue weighted by Crippen LogP contribution is -2.41. The van der Waals surface area contributed by atoms with E-state index < -0.39 is 4.75 Å². The van der Waals surface area contributed by atoms with Crippen molar-refractivity contribution >= 4 is 39.2 Å². The number of carbonyl (C=O) groups excluding carboxylic acids is 1. The van der Waals surface area contributed by atoms with Gasteiger partial charge in [0.2, 0.25) is 5.91 Å². The van der Waals surface area contributed by atoms with Crippen molar-refractivity contribution in [2.75, 3.05) is 19.8 Å². The second-order valence-corrected chi connectivity index (χ2v) is 8.72. The summed E-state index contributed by atoms with van der Waals surface area (Å²) in [5.41, 5.74) is 1.77. The minimum atomic E-state index is -0.854. The maximum atomic E-state index is 12.9. The maximum absolute atomic E-state index is 12.9. The van der Waals surface area contributed by atoms with Crippen molar-refractivity contribution in [3.63, 3.8) is 0 Å². The van der Waals surface area contributed by atoms with Crippen LogP contribution in [0.4, 0.5) is 0 Å². The second-order valence-electron chi connectivity index (χ2n) is 6.02. The molecule has 1 unspecified atom stereocenters. The van der Waals surface area contributed by atoms with Gasteiger partial charge in [-0.15, -0.1) is 11.3 Å². The Balaban J connectivity index is 1.94. The van der Waals surface area contributed by atoms with Gasteiger partial charge in [0.1, 0.15) is 10.5 Å². The molecule has 2 N–H and O–H groups in total. The number of carbonyl (C=O) groups is 1. The molecule has 0 saturated heterocycles. The van der Waals surface area contributed by atoms with Crippen LogP contribution in [0.15, 0.2) is 52.9 Å². The summed E-state index contributed by atoms with van der Waals surface area (Å²) in [6, 6.07) is 15.5. The molecule has 7 heteroatoms. The Labute approximate surface area is 166 Å². The van der Waals surface area contributed by atoms with Gasteiger partial charge in [-0.25, -0.2) is 4.98 Å². The fraction of sp³-hybridized carbons (Fsp3) is 0.300. The molecule has 1 atom stereocenters. The molecule has 0 aliphatic carbocycles. The zero-order valence-electron chi connectivity index (χ0n) is 15.3. The molecule has 0 spiro atoms. The molecule has 0 saturated carbocycles. The fourth-order valence-corrected chi connectivity index (χ4v) is 5.26. The molecule has 142 valence electrons. The number of fused-ring (bicyclic) bond motifs is 1. The number of thiazole rings is 1. The van der Waals surface area contributed by atoms with Gasteiger partial charge in [-0.05, 0) is 37.6 Å². The molecule has 1 amide bonds. The van der Waals surface area contributed by atoms with Crippen molar-refractivity contribution in [2.45, 2.75) is 22.9 Å². The summed E-state index contributed by atoms with van der Waals surface area (Å²) in [6.07, 6.45) is 0. The van der Waals surface area contributed by atoms with E-state index in [0.29, 0.717) is 6.61 Å². The van der Waals surface area contributed by atoms with Crippen LogP contribution in [0.5, 0.6) is 5.75 Å². The van der Waals surface area contributed by atoms with Crippen molar-refractivity contribution in [3.05, 3.63) is 54.1 Å². The van der Waals surface area contributed by atoms with E-state index in [1.165, 1.54) is 11.8 Å². The lowest BCUT2D eigenvalue weighted by molar-refractivity contribution is -0.123. The van der Waals surface area contributed by atoms with E-state index >= 15 is 0 Å². The van der Waals surface area contributed by atoms with Crippen LogP contribution in [0, 0.1) is 0 Å². The number of aliphatic hydroxyl groups is 1. The van der Waals surface area contributed by atoms with Gasteiger partial charge < -0.3 is 15.2 Å². The third-order valence-corrected chi connectivity index (χ3v) is 6.51. The van der Waals surface area contributed by atoms with E-state index in [1.54, 1.807) is 11.3 Å². The zero-order chi connectivity index (χ0) is 19.3. The Morgan fingerprint density at radius 2 is 2.07 bits per heavy atom. The topological polar surface area (TPSA) is 71.5 Å². The van der Waals surface area contributed by atoms with Crippen molar-refractivity contribution in [1.29, 1.82) is 0 Å². The van der Waals surface area contributed by atoms with E-state index in [0.717, 1.165) is 25.9 Å². The van der Waals surface area contributed by atoms with E-state index in [4.69, 9.17) is 9.84 Å². The van der Waals surface area contributed by atoms with Crippen LogP contribution >= 0.6 is 23.1 Å². The Morgan fingerprint density at radius 1 is 1.30 bits per heavy atom. The Hall–Kier alpha value is -2.09. The zero-order valence-corrected chi connectivity index (χ0v) is 16.9. The first-order valence-corrected chi connectivity index (χ1v) is 10.4. The molecule has 0 aliphatic heterocycles. The van der Waals surface area contributed by atoms with E-state index in [9.17, 15) is 4.79 Å². The molecule has 0 radical (unpaired) electrons. The van der Waals surface area contributed by atoms with Crippen molar-refractivity contribution in [3.8, 4) is 5.75 Å². The Morgan fingerprint density at radius 3 is 2.78 bits per heavy atom. The number of rotatable bonds is 8. The van der Waals surface area contributed by atoms with Crippen LogP contribution in [-0.4, -0.2) is 35.8 Å². The molecule has 0 bridgehead atoms. The Bertz CT molecular complexity index is 914. The SMILES string of the molecule is CCOc1ccc2nc(SC(C)(C(=O)NCCO)c3ccccc3)sc2c1. The summed E-state index contributed by atoms with van der Waals surface area (Å²) < 4.78 is 6.54. The first-order valence-electron chi connectivity index (χ1n) is 8.74. The molecule has 2 aromatic carbocycles. The average molecular weight is 403 g/mol. The number of thioether (sulfide) groups is 1. The monoisotopic (exact) mass is 402 g/mol. The predicted molar refractivity (Wildman–Crippen MR) is 111 cm³/mol. The maximum Gasteiger partial charge on any atom is 0.241 e. The van der Waals surface area contributed by atoms with Crippen LogP contribution in [0.1, 0.15) is 19.4 Å². The highest BCUT2D eigenvalue weighted by atomic mass is 32.2. The summed E-state index contributed by atoms with van der Waals surface area (Å²) in [5, 5.41) is 11.9. The number of ether oxygens (including phenoxy) is 1. The largest absolute Gasteiger partial charge is 0.494 e. The predicted octanol–water partition coefficient (Wildman–Crippen LogP) is 3.81. The number of nitrogens with zero attached hydrogens (tertiary/aromatic N) is 1. The normalized spacial score (nSPS) is 13.3. The summed E-state index contributed by atoms with van der Waals surface area (Å²) in [7, 11) is 0. The van der Waals surface area contributed by atoms with Gasteiger partial charge in [0.05, 0.1) is 23.4 Å². The highest BCUT2D eigenvalue weighted by Gasteiger charge is 2.37. The molecule has 27 heavy (non-hydrogen) atoms. The standard InChI is InChI=1S/C20H22N2O3S2/c1-3-25-15-9-10-16-17(13-15)26-19(22-16)27-20(2,18(24)21-11-12-23)14-7-5-4-6-8-14/h4-10,13,23H,3,11-12H2,1-2H3,(H,21,24). The molecule has 1 heterocycles. The average Bonchev–Trinajstić information content (AvgIpc) is 3.08. The minimum absolute atomic E-state index is 0.0946. The molecular weight excluding hydrogens is 380 g/mol. The lowest BCUT2D eigenvalue weighted by atomic mass is 9.99. The number of nitrogens with one attached hydrogen (secondary N) is 1. The highest BCUT2D eigenvalue weighted by molar-refractivity contribution is 8.02. The van der Waals surface area contributed by atoms with Crippen LogP contribution in [0.2, 0.25) is 0 Å². The number of amides is 1. The number of hydrogen-bond acceptors (Lipinski definition) is 6.